The van der Waals surface area contributed by atoms with Crippen molar-refractivity contribution in [1.82, 2.24) is 24.3 Å². The van der Waals surface area contributed by atoms with Crippen molar-refractivity contribution in [1.29, 1.82) is 5.26 Å². The van der Waals surface area contributed by atoms with Crippen LogP contribution >= 0.6 is 11.3 Å². The van der Waals surface area contributed by atoms with Crippen LogP contribution in [0.25, 0.3) is 21.1 Å². The summed E-state index contributed by atoms with van der Waals surface area (Å²) in [7, 11) is -1.31. The van der Waals surface area contributed by atoms with Crippen LogP contribution in [0.2, 0.25) is 0 Å². The number of rotatable bonds is 9. The van der Waals surface area contributed by atoms with Gasteiger partial charge in [-0.3, -0.25) is 9.80 Å². The average Bonchev–Trinajstić information content (AvgIpc) is 3.86. The number of aryl methyl sites for hydroxylation is 1. The van der Waals surface area contributed by atoms with Gasteiger partial charge in [0, 0.05) is 73.3 Å². The quantitative estimate of drug-likeness (QED) is 0.222. The maximum atomic E-state index is 13.2. The number of sulfone groups is 1. The minimum Gasteiger partial charge on any atom is -0.357 e. The van der Waals surface area contributed by atoms with E-state index < -0.39 is 22.4 Å². The molecule has 1 unspecified atom stereocenters. The molecule has 4 aromatic rings. The highest BCUT2D eigenvalue weighted by atomic mass is 32.2. The van der Waals surface area contributed by atoms with Crippen molar-refractivity contribution in [2.45, 2.75) is 76.5 Å². The monoisotopic (exact) mass is 742 g/mol. The van der Waals surface area contributed by atoms with E-state index in [1.54, 1.807) is 13.1 Å². The third kappa shape index (κ3) is 7.29. The molecular formula is C36H45F3N8O2S2. The summed E-state index contributed by atoms with van der Waals surface area (Å²) in [5.74, 6) is 1.12. The van der Waals surface area contributed by atoms with Crippen molar-refractivity contribution in [3.8, 4) is 6.07 Å². The molecule has 274 valence electrons. The molecule has 3 aromatic heterocycles. The molecule has 2 atom stereocenters. The minimum absolute atomic E-state index is 0.0726. The Labute approximate surface area is 301 Å². The third-order valence-corrected chi connectivity index (χ3v) is 14.1. The normalized spacial score (nSPS) is 21.7. The molecule has 15 heteroatoms. The molecule has 0 saturated carbocycles. The Hall–Kier alpha value is -3.45. The first kappa shape index (κ1) is 35.9. The highest BCUT2D eigenvalue weighted by molar-refractivity contribution is 7.91. The highest BCUT2D eigenvalue weighted by Crippen LogP contribution is 2.44. The summed E-state index contributed by atoms with van der Waals surface area (Å²) in [4.78, 5) is 17.1. The predicted molar refractivity (Wildman–Crippen MR) is 196 cm³/mol. The Bertz CT molecular complexity index is 2100. The van der Waals surface area contributed by atoms with E-state index in [-0.39, 0.29) is 21.6 Å². The average molecular weight is 743 g/mol. The summed E-state index contributed by atoms with van der Waals surface area (Å²) >= 11 is 1.08. The summed E-state index contributed by atoms with van der Waals surface area (Å²) in [6.07, 6.45) is -0.618. The minimum atomic E-state index is -4.28. The summed E-state index contributed by atoms with van der Waals surface area (Å²) in [5.41, 5.74) is 4.15. The largest absolute Gasteiger partial charge is 0.393 e. The van der Waals surface area contributed by atoms with Crippen LogP contribution in [0.3, 0.4) is 0 Å². The Morgan fingerprint density at radius 1 is 1.10 bits per heavy atom. The topological polar surface area (TPSA) is 110 Å². The number of hydrogen-bond donors (Lipinski definition) is 1. The van der Waals surface area contributed by atoms with Gasteiger partial charge in [0.15, 0.2) is 0 Å². The second-order valence-electron chi connectivity index (χ2n) is 14.9. The van der Waals surface area contributed by atoms with Crippen LogP contribution in [-0.4, -0.2) is 103 Å². The smallest absolute Gasteiger partial charge is 0.357 e. The van der Waals surface area contributed by atoms with Gasteiger partial charge in [-0.15, -0.1) is 11.3 Å². The van der Waals surface area contributed by atoms with Crippen LogP contribution in [0.5, 0.6) is 0 Å². The lowest BCUT2D eigenvalue weighted by Gasteiger charge is -2.35. The first-order valence-corrected chi connectivity index (χ1v) is 20.4. The number of benzene rings is 1. The Morgan fingerprint density at radius 2 is 1.84 bits per heavy atom. The van der Waals surface area contributed by atoms with Gasteiger partial charge in [-0.1, -0.05) is 6.07 Å². The Balaban J connectivity index is 1.04. The maximum absolute atomic E-state index is 13.2. The van der Waals surface area contributed by atoms with Gasteiger partial charge < -0.3 is 14.8 Å². The van der Waals surface area contributed by atoms with Crippen LogP contribution < -0.4 is 10.2 Å². The van der Waals surface area contributed by atoms with Crippen molar-refractivity contribution in [2.24, 2.45) is 5.41 Å². The van der Waals surface area contributed by atoms with Crippen molar-refractivity contribution in [3.05, 3.63) is 46.0 Å². The molecule has 0 radical (unpaired) electrons. The van der Waals surface area contributed by atoms with Crippen molar-refractivity contribution in [2.75, 3.05) is 62.8 Å². The molecule has 0 bridgehead atoms. The number of fused-ring (bicyclic) bond motifs is 2. The molecule has 1 N–H and O–H groups in total. The zero-order valence-corrected chi connectivity index (χ0v) is 31.2. The molecule has 10 nitrogen and oxygen atoms in total. The van der Waals surface area contributed by atoms with E-state index >= 15 is 0 Å². The van der Waals surface area contributed by atoms with Gasteiger partial charge in [-0.25, -0.2) is 13.4 Å². The standard InChI is InChI=1S/C36H45F3N8O2S2/c1-23(45-11-7-28(8-12-45)51(4,48)49)19-47-26(18-40)15-29-24(2)25(5-6-31(29)47)20-44-13-9-35(21-44)10-14-46(22-35)32-30-16-27(17-36(37,38)39)50-33(30)43-34(41-3)42-32/h5-6,15-16,23,28H,7-14,17,19-22H2,1-4H3,(H,41,42,43)/t23-,35?/m0/s1. The summed E-state index contributed by atoms with van der Waals surface area (Å²) in [6.45, 7) is 10.7. The van der Waals surface area contributed by atoms with Gasteiger partial charge in [0.25, 0.3) is 0 Å². The van der Waals surface area contributed by atoms with Crippen molar-refractivity contribution >= 4 is 54.1 Å². The van der Waals surface area contributed by atoms with E-state index in [1.807, 2.05) is 6.07 Å². The fourth-order valence-electron chi connectivity index (χ4n) is 8.55. The molecule has 0 aliphatic carbocycles. The summed E-state index contributed by atoms with van der Waals surface area (Å²) < 4.78 is 65.8. The number of nitriles is 1. The second-order valence-corrected chi connectivity index (χ2v) is 18.4. The van der Waals surface area contributed by atoms with Gasteiger partial charge in [0.2, 0.25) is 5.95 Å². The summed E-state index contributed by atoms with van der Waals surface area (Å²) in [6, 6.07) is 10.5. The fraction of sp³-hybridized carbons (Fsp3) is 0.583. The predicted octanol–water partition coefficient (Wildman–Crippen LogP) is 5.97. The van der Waals surface area contributed by atoms with Crippen molar-refractivity contribution in [3.63, 3.8) is 0 Å². The van der Waals surface area contributed by atoms with Crippen LogP contribution in [-0.2, 0) is 29.3 Å². The SMILES string of the molecule is CNc1nc(N2CCC3(CCN(Cc4ccc5c(cc(C#N)n5C[C@H](C)N5CCC(S(C)(=O)=O)CC5)c4C)C3)C2)c2cc(CC(F)(F)F)sc2n1. The lowest BCUT2D eigenvalue weighted by atomic mass is 9.86. The van der Waals surface area contributed by atoms with Crippen LogP contribution in [0.4, 0.5) is 24.9 Å². The zero-order chi connectivity index (χ0) is 36.3. The molecule has 1 aromatic carbocycles. The lowest BCUT2D eigenvalue weighted by molar-refractivity contribution is -0.126. The fourth-order valence-corrected chi connectivity index (χ4v) is 10.7. The van der Waals surface area contributed by atoms with Gasteiger partial charge in [-0.2, -0.15) is 23.4 Å². The maximum Gasteiger partial charge on any atom is 0.393 e. The lowest BCUT2D eigenvalue weighted by Crippen LogP contribution is -2.44. The van der Waals surface area contributed by atoms with Crippen LogP contribution in [0.15, 0.2) is 24.3 Å². The molecule has 51 heavy (non-hydrogen) atoms. The molecule has 6 heterocycles. The van der Waals surface area contributed by atoms with Gasteiger partial charge in [0.1, 0.15) is 32.2 Å². The van der Waals surface area contributed by atoms with Crippen LogP contribution in [0, 0.1) is 23.7 Å². The van der Waals surface area contributed by atoms with E-state index in [1.165, 1.54) is 17.4 Å². The molecular weight excluding hydrogens is 698 g/mol. The number of nitrogens with one attached hydrogen (secondary N) is 1. The number of hydrogen-bond acceptors (Lipinski definition) is 10. The van der Waals surface area contributed by atoms with Gasteiger partial charge >= 0.3 is 6.18 Å². The molecule has 3 aliphatic heterocycles. The number of nitrogens with zero attached hydrogens (tertiary/aromatic N) is 7. The van der Waals surface area contributed by atoms with E-state index in [0.29, 0.717) is 47.1 Å². The summed E-state index contributed by atoms with van der Waals surface area (Å²) in [5, 5.41) is 14.6. The number of likely N-dealkylation sites (tertiary alicyclic amines) is 2. The second kappa shape index (κ2) is 13.5. The Morgan fingerprint density at radius 3 is 2.53 bits per heavy atom. The highest BCUT2D eigenvalue weighted by Gasteiger charge is 2.44. The molecule has 1 spiro atoms. The first-order chi connectivity index (χ1) is 24.1. The van der Waals surface area contributed by atoms with E-state index in [2.05, 4.69) is 61.6 Å². The number of halogens is 3. The molecule has 3 fully saturated rings. The van der Waals surface area contributed by atoms with E-state index in [4.69, 9.17) is 4.98 Å². The Kier molecular flexibility index (Phi) is 9.52. The van der Waals surface area contributed by atoms with Crippen LogP contribution in [0.1, 0.15) is 54.3 Å². The van der Waals surface area contributed by atoms with Gasteiger partial charge in [0.05, 0.1) is 17.1 Å². The molecule has 3 aliphatic rings. The van der Waals surface area contributed by atoms with E-state index in [9.17, 15) is 26.9 Å². The third-order valence-electron chi connectivity index (χ3n) is 11.4. The molecule has 3 saturated heterocycles. The number of piperidine rings is 1. The number of aromatic nitrogens is 3. The zero-order valence-electron chi connectivity index (χ0n) is 29.6. The molecule has 7 rings (SSSR count). The van der Waals surface area contributed by atoms with Gasteiger partial charge in [-0.05, 0) is 88.5 Å². The number of anilines is 2. The molecule has 0 amide bonds. The number of thiophene rings is 1. The van der Waals surface area contributed by atoms with E-state index in [0.717, 1.165) is 80.9 Å². The van der Waals surface area contributed by atoms with Crippen molar-refractivity contribution < 1.29 is 21.6 Å². The first-order valence-electron chi connectivity index (χ1n) is 17.6. The number of alkyl halides is 3.